The van der Waals surface area contributed by atoms with Crippen LogP contribution < -0.4 is 20.9 Å². The van der Waals surface area contributed by atoms with Crippen LogP contribution >= 0.6 is 0 Å². The van der Waals surface area contributed by atoms with Crippen molar-refractivity contribution in [2.45, 2.75) is 26.5 Å². The number of aliphatic hydroxyl groups excluding tert-OH is 1. The number of nitrogens with zero attached hydrogens (tertiary/aromatic N) is 3. The quantitative estimate of drug-likeness (QED) is 0.275. The topological polar surface area (TPSA) is 112 Å². The summed E-state index contributed by atoms with van der Waals surface area (Å²) in [5.74, 6) is 0.212. The van der Waals surface area contributed by atoms with Crippen molar-refractivity contribution < 1.29 is 14.7 Å². The largest absolute Gasteiger partial charge is 0.392 e. The van der Waals surface area contributed by atoms with Gasteiger partial charge in [-0.2, -0.15) is 0 Å². The molecule has 0 aliphatic rings. The lowest BCUT2D eigenvalue weighted by atomic mass is 10.1. The molecule has 2 amide bonds. The number of pyridine rings is 1. The van der Waals surface area contributed by atoms with Crippen LogP contribution in [-0.4, -0.2) is 52.8 Å². The van der Waals surface area contributed by atoms with Crippen molar-refractivity contribution in [3.63, 3.8) is 0 Å². The number of anilines is 3. The van der Waals surface area contributed by atoms with E-state index in [1.54, 1.807) is 43.1 Å². The molecule has 0 bridgehead atoms. The number of aliphatic hydroxyl groups is 1. The third kappa shape index (κ3) is 6.14. The average molecular weight is 501 g/mol. The first-order valence-electron chi connectivity index (χ1n) is 12.3. The first-order valence-corrected chi connectivity index (χ1v) is 12.3. The normalized spacial score (nSPS) is 11.8. The molecule has 192 valence electrons. The highest BCUT2D eigenvalue weighted by atomic mass is 16.3. The molecule has 37 heavy (non-hydrogen) atoms. The van der Waals surface area contributed by atoms with Gasteiger partial charge < -0.3 is 26.0 Å². The van der Waals surface area contributed by atoms with Gasteiger partial charge in [0.25, 0.3) is 5.91 Å². The Morgan fingerprint density at radius 3 is 2.51 bits per heavy atom. The summed E-state index contributed by atoms with van der Waals surface area (Å²) in [5, 5.41) is 19.0. The third-order valence-corrected chi connectivity index (χ3v) is 6.02. The zero-order valence-electron chi connectivity index (χ0n) is 21.2. The number of benzene rings is 2. The molecule has 0 aliphatic carbocycles. The molecule has 2 heterocycles. The first kappa shape index (κ1) is 25.9. The number of carbonyl (C=O) groups excluding carboxylic acids is 2. The molecule has 4 N–H and O–H groups in total. The van der Waals surface area contributed by atoms with E-state index in [1.165, 1.54) is 0 Å². The maximum Gasteiger partial charge on any atom is 0.325 e. The lowest BCUT2D eigenvalue weighted by Crippen LogP contribution is -2.23. The maximum absolute atomic E-state index is 12.8. The Balaban J connectivity index is 1.48. The number of hydrogen-bond donors (Lipinski definition) is 4. The zero-order chi connectivity index (χ0) is 26.4. The highest BCUT2D eigenvalue weighted by molar-refractivity contribution is 6.04. The number of rotatable bonds is 9. The van der Waals surface area contributed by atoms with E-state index in [0.717, 1.165) is 27.8 Å². The maximum atomic E-state index is 12.8. The predicted octanol–water partition coefficient (Wildman–Crippen LogP) is 4.10. The molecule has 9 nitrogen and oxygen atoms in total. The molecule has 9 heteroatoms. The summed E-state index contributed by atoms with van der Waals surface area (Å²) in [6, 6.07) is 18.7. The van der Waals surface area contributed by atoms with Crippen molar-refractivity contribution in [3.05, 3.63) is 84.2 Å². The van der Waals surface area contributed by atoms with Gasteiger partial charge in [0.15, 0.2) is 0 Å². The van der Waals surface area contributed by atoms with Crippen molar-refractivity contribution in [2.75, 3.05) is 30.4 Å². The van der Waals surface area contributed by atoms with Gasteiger partial charge in [-0.1, -0.05) is 12.1 Å². The molecular weight excluding hydrogens is 468 g/mol. The second-order valence-corrected chi connectivity index (χ2v) is 8.76. The van der Waals surface area contributed by atoms with Gasteiger partial charge in [-0.25, -0.2) is 9.78 Å². The Bertz CT molecular complexity index is 1380. The molecular formula is C28H32N6O3. The van der Waals surface area contributed by atoms with Crippen LogP contribution in [0.4, 0.5) is 22.0 Å². The van der Waals surface area contributed by atoms with Crippen LogP contribution in [0.2, 0.25) is 0 Å². The van der Waals surface area contributed by atoms with Gasteiger partial charge in [0, 0.05) is 67.5 Å². The molecule has 0 saturated heterocycles. The summed E-state index contributed by atoms with van der Waals surface area (Å²) in [4.78, 5) is 31.4. The molecule has 0 fully saturated rings. The molecule has 0 radical (unpaired) electrons. The van der Waals surface area contributed by atoms with Crippen LogP contribution in [0.1, 0.15) is 29.8 Å². The second-order valence-electron chi connectivity index (χ2n) is 8.76. The summed E-state index contributed by atoms with van der Waals surface area (Å²) < 4.78 is 1.58. The average Bonchev–Trinajstić information content (AvgIpc) is 3.32. The fourth-order valence-electron chi connectivity index (χ4n) is 4.15. The van der Waals surface area contributed by atoms with E-state index in [0.29, 0.717) is 31.0 Å². The number of nitrogens with one attached hydrogen (secondary N) is 3. The van der Waals surface area contributed by atoms with Gasteiger partial charge in [-0.3, -0.25) is 9.36 Å². The van der Waals surface area contributed by atoms with Crippen molar-refractivity contribution in [1.29, 1.82) is 0 Å². The highest BCUT2D eigenvalue weighted by Crippen LogP contribution is 2.30. The van der Waals surface area contributed by atoms with E-state index in [2.05, 4.69) is 32.8 Å². The van der Waals surface area contributed by atoms with E-state index in [4.69, 9.17) is 0 Å². The Hall–Kier alpha value is -4.21. The SMILES string of the molecule is CCN(c1ccnc(NC(=O)c2ccc(CNCC(C)O)cc2)c1)c1ccc2c(ccn2C(=O)NC)c1. The molecule has 2 aromatic carbocycles. The number of carbonyl (C=O) groups is 2. The Labute approximate surface area is 216 Å². The fourth-order valence-corrected chi connectivity index (χ4v) is 4.15. The second kappa shape index (κ2) is 11.7. The van der Waals surface area contributed by atoms with Crippen molar-refractivity contribution in [1.82, 2.24) is 20.2 Å². The molecule has 2 aromatic heterocycles. The first-order chi connectivity index (χ1) is 17.9. The van der Waals surface area contributed by atoms with Crippen LogP contribution in [0.15, 0.2) is 73.1 Å². The van der Waals surface area contributed by atoms with Gasteiger partial charge in [-0.05, 0) is 61.9 Å². The van der Waals surface area contributed by atoms with Crippen molar-refractivity contribution in [2.24, 2.45) is 0 Å². The van der Waals surface area contributed by atoms with Crippen LogP contribution in [0.5, 0.6) is 0 Å². The predicted molar refractivity (Wildman–Crippen MR) is 146 cm³/mol. The molecule has 1 atom stereocenters. The number of hydrogen-bond acceptors (Lipinski definition) is 6. The Kier molecular flexibility index (Phi) is 8.17. The number of aromatic nitrogens is 2. The minimum absolute atomic E-state index is 0.188. The lowest BCUT2D eigenvalue weighted by molar-refractivity contribution is 0.102. The van der Waals surface area contributed by atoms with E-state index in [1.807, 2.05) is 48.5 Å². The van der Waals surface area contributed by atoms with Crippen molar-refractivity contribution in [3.8, 4) is 0 Å². The number of fused-ring (bicyclic) bond motifs is 1. The van der Waals surface area contributed by atoms with Gasteiger partial charge in [-0.15, -0.1) is 0 Å². The summed E-state index contributed by atoms with van der Waals surface area (Å²) in [6.07, 6.45) is 3.02. The van der Waals surface area contributed by atoms with E-state index in [-0.39, 0.29) is 11.9 Å². The zero-order valence-corrected chi connectivity index (χ0v) is 21.2. The minimum atomic E-state index is -0.407. The molecule has 0 saturated carbocycles. The Morgan fingerprint density at radius 1 is 1.05 bits per heavy atom. The van der Waals surface area contributed by atoms with Gasteiger partial charge >= 0.3 is 6.03 Å². The third-order valence-electron chi connectivity index (χ3n) is 6.02. The van der Waals surface area contributed by atoms with E-state index >= 15 is 0 Å². The molecule has 0 spiro atoms. The van der Waals surface area contributed by atoms with Crippen molar-refractivity contribution >= 4 is 40.0 Å². The van der Waals surface area contributed by atoms with Crippen LogP contribution in [0.25, 0.3) is 10.9 Å². The van der Waals surface area contributed by atoms with E-state index < -0.39 is 6.10 Å². The summed E-state index contributed by atoms with van der Waals surface area (Å²) >= 11 is 0. The van der Waals surface area contributed by atoms with E-state index in [9.17, 15) is 14.7 Å². The lowest BCUT2D eigenvalue weighted by Gasteiger charge is -2.24. The monoisotopic (exact) mass is 500 g/mol. The molecule has 4 aromatic rings. The molecule has 0 aliphatic heterocycles. The Morgan fingerprint density at radius 2 is 1.81 bits per heavy atom. The van der Waals surface area contributed by atoms with Crippen LogP contribution in [0, 0.1) is 0 Å². The van der Waals surface area contributed by atoms with Gasteiger partial charge in [0.2, 0.25) is 0 Å². The summed E-state index contributed by atoms with van der Waals surface area (Å²) in [6.45, 7) is 5.61. The van der Waals surface area contributed by atoms with Gasteiger partial charge in [0.1, 0.15) is 5.82 Å². The standard InChI is InChI=1S/C28H32N6O3/c1-4-33(23-9-10-25-22(15-23)12-14-34(25)28(37)29-3)24-11-13-31-26(16-24)32-27(36)21-7-5-20(6-8-21)18-30-17-19(2)35/h5-16,19,30,35H,4,17-18H2,1-3H3,(H,29,37)(H,31,32,36). The van der Waals surface area contributed by atoms with Crippen LogP contribution in [0.3, 0.4) is 0 Å². The van der Waals surface area contributed by atoms with Gasteiger partial charge in [0.05, 0.1) is 11.6 Å². The molecule has 4 rings (SSSR count). The summed E-state index contributed by atoms with van der Waals surface area (Å²) in [7, 11) is 1.61. The van der Waals surface area contributed by atoms with Crippen LogP contribution in [-0.2, 0) is 6.54 Å². The summed E-state index contributed by atoms with van der Waals surface area (Å²) in [5.41, 5.74) is 4.24. The smallest absolute Gasteiger partial charge is 0.325 e. The fraction of sp³-hybridized carbons (Fsp3) is 0.250. The minimum Gasteiger partial charge on any atom is -0.392 e. The number of amides is 2. The highest BCUT2D eigenvalue weighted by Gasteiger charge is 2.14. The molecule has 1 unspecified atom stereocenters.